The van der Waals surface area contributed by atoms with E-state index in [9.17, 15) is 18.0 Å². The number of benzene rings is 2. The van der Waals surface area contributed by atoms with Gasteiger partial charge in [0, 0.05) is 14.1 Å². The Kier molecular flexibility index (Phi) is 6.01. The Labute approximate surface area is 180 Å². The van der Waals surface area contributed by atoms with Crippen molar-refractivity contribution in [1.29, 1.82) is 5.26 Å². The quantitative estimate of drug-likeness (QED) is 0.651. The molecule has 2 aromatic carbocycles. The molecule has 1 unspecified atom stereocenters. The number of rotatable bonds is 7. The molecule has 2 aromatic rings. The number of imide groups is 1. The lowest BCUT2D eigenvalue weighted by atomic mass is 9.91. The minimum absolute atomic E-state index is 0.00987. The van der Waals surface area contributed by atoms with Crippen LogP contribution in [0, 0.1) is 11.3 Å². The van der Waals surface area contributed by atoms with Crippen molar-refractivity contribution in [2.75, 3.05) is 27.2 Å². The van der Waals surface area contributed by atoms with Gasteiger partial charge in [0.15, 0.2) is 0 Å². The second-order valence-corrected chi connectivity index (χ2v) is 9.46. The highest BCUT2D eigenvalue weighted by atomic mass is 32.2. The number of nitrogens with zero attached hydrogens (tertiary/aromatic N) is 3. The van der Waals surface area contributed by atoms with Gasteiger partial charge in [0.25, 0.3) is 5.91 Å². The van der Waals surface area contributed by atoms with Crippen LogP contribution in [0.2, 0.25) is 0 Å². The Balaban J connectivity index is 1.65. The number of carbonyl (C=O) groups excluding carboxylic acids is 2. The van der Waals surface area contributed by atoms with Gasteiger partial charge < -0.3 is 10.1 Å². The van der Waals surface area contributed by atoms with E-state index in [0.717, 1.165) is 9.21 Å². The molecule has 0 saturated carbocycles. The maximum atomic E-state index is 12.9. The van der Waals surface area contributed by atoms with Crippen molar-refractivity contribution in [1.82, 2.24) is 14.5 Å². The van der Waals surface area contributed by atoms with E-state index in [4.69, 9.17) is 10.00 Å². The molecule has 1 heterocycles. The minimum atomic E-state index is -3.53. The molecule has 162 valence electrons. The van der Waals surface area contributed by atoms with Gasteiger partial charge in [0.1, 0.15) is 17.9 Å². The molecule has 9 nitrogen and oxygen atoms in total. The van der Waals surface area contributed by atoms with Crippen molar-refractivity contribution in [2.45, 2.75) is 17.4 Å². The third kappa shape index (κ3) is 4.23. The van der Waals surface area contributed by atoms with E-state index in [1.807, 2.05) is 6.07 Å². The first-order valence-electron chi connectivity index (χ1n) is 9.40. The van der Waals surface area contributed by atoms with E-state index in [2.05, 4.69) is 5.32 Å². The minimum Gasteiger partial charge on any atom is -0.492 e. The topological polar surface area (TPSA) is 120 Å². The summed E-state index contributed by atoms with van der Waals surface area (Å²) in [6.07, 6.45) is 0. The predicted molar refractivity (Wildman–Crippen MR) is 112 cm³/mol. The highest BCUT2D eigenvalue weighted by molar-refractivity contribution is 7.89. The number of ether oxygens (including phenoxy) is 1. The van der Waals surface area contributed by atoms with Crippen LogP contribution in [-0.2, 0) is 20.4 Å². The Morgan fingerprint density at radius 2 is 1.84 bits per heavy atom. The van der Waals surface area contributed by atoms with Crippen LogP contribution in [0.15, 0.2) is 53.4 Å². The average Bonchev–Trinajstić information content (AvgIpc) is 2.98. The standard InChI is InChI=1S/C21H22N4O5S/c1-21(16-6-4-5-15(13-16)14-22)19(26)25(20(27)23-21)11-12-30-17-7-9-18(10-8-17)31(28,29)24(2)3/h4-10,13H,11-12H2,1-3H3,(H,23,27). The Morgan fingerprint density at radius 3 is 2.45 bits per heavy atom. The molecule has 3 rings (SSSR count). The van der Waals surface area contributed by atoms with E-state index in [0.29, 0.717) is 16.9 Å². The van der Waals surface area contributed by atoms with Gasteiger partial charge in [-0.1, -0.05) is 12.1 Å². The van der Waals surface area contributed by atoms with E-state index in [1.165, 1.54) is 38.4 Å². The smallest absolute Gasteiger partial charge is 0.325 e. The number of hydrogen-bond acceptors (Lipinski definition) is 6. The highest BCUT2D eigenvalue weighted by Gasteiger charge is 2.48. The first-order valence-corrected chi connectivity index (χ1v) is 10.8. The van der Waals surface area contributed by atoms with Crippen molar-refractivity contribution in [3.8, 4) is 11.8 Å². The Hall–Kier alpha value is -3.42. The lowest BCUT2D eigenvalue weighted by molar-refractivity contribution is -0.131. The molecule has 1 N–H and O–H groups in total. The summed E-state index contributed by atoms with van der Waals surface area (Å²) >= 11 is 0. The summed E-state index contributed by atoms with van der Waals surface area (Å²) in [5.41, 5.74) is -0.361. The van der Waals surface area contributed by atoms with Crippen molar-refractivity contribution >= 4 is 22.0 Å². The lowest BCUT2D eigenvalue weighted by Gasteiger charge is -2.22. The van der Waals surface area contributed by atoms with E-state index in [-0.39, 0.29) is 18.0 Å². The van der Waals surface area contributed by atoms with Crippen LogP contribution >= 0.6 is 0 Å². The molecule has 0 bridgehead atoms. The van der Waals surface area contributed by atoms with Gasteiger partial charge in [-0.3, -0.25) is 9.69 Å². The zero-order chi connectivity index (χ0) is 22.8. The summed E-state index contributed by atoms with van der Waals surface area (Å²) in [5.74, 6) is -0.0298. The van der Waals surface area contributed by atoms with Gasteiger partial charge in [-0.05, 0) is 48.9 Å². The number of urea groups is 1. The molecule has 0 aliphatic carbocycles. The van der Waals surface area contributed by atoms with Gasteiger partial charge in [0.05, 0.1) is 23.1 Å². The van der Waals surface area contributed by atoms with Crippen LogP contribution in [0.1, 0.15) is 18.1 Å². The fourth-order valence-electron chi connectivity index (χ4n) is 3.17. The van der Waals surface area contributed by atoms with Crippen LogP contribution in [0.25, 0.3) is 0 Å². The summed E-state index contributed by atoms with van der Waals surface area (Å²) < 4.78 is 30.9. The summed E-state index contributed by atoms with van der Waals surface area (Å²) in [6, 6.07) is 13.9. The normalized spacial score (nSPS) is 18.7. The van der Waals surface area contributed by atoms with E-state index in [1.54, 1.807) is 31.2 Å². The summed E-state index contributed by atoms with van der Waals surface area (Å²) in [4.78, 5) is 26.5. The molecule has 1 aliphatic heterocycles. The fourth-order valence-corrected chi connectivity index (χ4v) is 4.07. The van der Waals surface area contributed by atoms with Gasteiger partial charge in [-0.15, -0.1) is 0 Å². The third-order valence-electron chi connectivity index (χ3n) is 5.03. The molecule has 3 amide bonds. The largest absolute Gasteiger partial charge is 0.492 e. The highest BCUT2D eigenvalue weighted by Crippen LogP contribution is 2.29. The monoisotopic (exact) mass is 442 g/mol. The third-order valence-corrected chi connectivity index (χ3v) is 6.86. The molecule has 1 fully saturated rings. The SMILES string of the molecule is CN(C)S(=O)(=O)c1ccc(OCCN2C(=O)NC(C)(c3cccc(C#N)c3)C2=O)cc1. The van der Waals surface area contributed by atoms with Crippen molar-refractivity contribution < 1.29 is 22.7 Å². The molecule has 0 aromatic heterocycles. The number of nitrogens with one attached hydrogen (secondary N) is 1. The number of hydrogen-bond donors (Lipinski definition) is 1. The molecule has 1 saturated heterocycles. The zero-order valence-corrected chi connectivity index (χ0v) is 18.1. The maximum Gasteiger partial charge on any atom is 0.325 e. The molecular formula is C21H22N4O5S. The van der Waals surface area contributed by atoms with E-state index >= 15 is 0 Å². The second kappa shape index (κ2) is 8.37. The van der Waals surface area contributed by atoms with Crippen molar-refractivity contribution in [3.63, 3.8) is 0 Å². The molecular weight excluding hydrogens is 420 g/mol. The van der Waals surface area contributed by atoms with Gasteiger partial charge in [-0.2, -0.15) is 5.26 Å². The molecule has 10 heteroatoms. The van der Waals surface area contributed by atoms with Crippen LogP contribution < -0.4 is 10.1 Å². The van der Waals surface area contributed by atoms with Crippen LogP contribution in [-0.4, -0.2) is 56.8 Å². The Bertz CT molecular complexity index is 1160. The number of nitriles is 1. The summed E-state index contributed by atoms with van der Waals surface area (Å²) in [7, 11) is -0.641. The number of amides is 3. The fraction of sp³-hybridized carbons (Fsp3) is 0.286. The van der Waals surface area contributed by atoms with Gasteiger partial charge in [-0.25, -0.2) is 17.5 Å². The van der Waals surface area contributed by atoms with Crippen molar-refractivity contribution in [3.05, 3.63) is 59.7 Å². The molecule has 31 heavy (non-hydrogen) atoms. The summed E-state index contributed by atoms with van der Waals surface area (Å²) in [5, 5.41) is 11.8. The second-order valence-electron chi connectivity index (χ2n) is 7.31. The van der Waals surface area contributed by atoms with Crippen LogP contribution in [0.3, 0.4) is 0 Å². The molecule has 0 radical (unpaired) electrons. The Morgan fingerprint density at radius 1 is 1.16 bits per heavy atom. The number of carbonyl (C=O) groups is 2. The van der Waals surface area contributed by atoms with Gasteiger partial charge in [0.2, 0.25) is 10.0 Å². The summed E-state index contributed by atoms with van der Waals surface area (Å²) in [6.45, 7) is 1.64. The van der Waals surface area contributed by atoms with E-state index < -0.39 is 27.5 Å². The van der Waals surface area contributed by atoms with Crippen LogP contribution in [0.4, 0.5) is 4.79 Å². The molecule has 0 spiro atoms. The zero-order valence-electron chi connectivity index (χ0n) is 17.3. The van der Waals surface area contributed by atoms with Crippen LogP contribution in [0.5, 0.6) is 5.75 Å². The maximum absolute atomic E-state index is 12.9. The molecule has 1 atom stereocenters. The van der Waals surface area contributed by atoms with Crippen molar-refractivity contribution in [2.24, 2.45) is 0 Å². The first-order chi connectivity index (χ1) is 14.6. The van der Waals surface area contributed by atoms with Gasteiger partial charge >= 0.3 is 6.03 Å². The molecule has 1 aliphatic rings. The predicted octanol–water partition coefficient (Wildman–Crippen LogP) is 1.65. The first kappa shape index (κ1) is 22.3. The average molecular weight is 442 g/mol. The number of sulfonamides is 1. The lowest BCUT2D eigenvalue weighted by Crippen LogP contribution is -2.41.